The number of rotatable bonds is 8. The Kier molecular flexibility index (Phi) is 8.14. The SMILES string of the molecule is CCNC(=NCc1ccc(C)cc1OCC(F)(F)F)NCC(C)c1c(C)noc1C. The number of hydrogen-bond donors (Lipinski definition) is 2. The van der Waals surface area contributed by atoms with Crippen molar-refractivity contribution in [2.45, 2.75) is 53.3 Å². The molecule has 6 nitrogen and oxygen atoms in total. The zero-order chi connectivity index (χ0) is 22.3. The molecule has 1 unspecified atom stereocenters. The minimum absolute atomic E-state index is 0.144. The molecular formula is C21H29F3N4O2. The van der Waals surface area contributed by atoms with Crippen molar-refractivity contribution in [1.29, 1.82) is 0 Å². The number of benzene rings is 1. The van der Waals surface area contributed by atoms with Gasteiger partial charge >= 0.3 is 6.18 Å². The minimum Gasteiger partial charge on any atom is -0.484 e. The van der Waals surface area contributed by atoms with Crippen LogP contribution in [0.2, 0.25) is 0 Å². The van der Waals surface area contributed by atoms with Gasteiger partial charge < -0.3 is 19.9 Å². The number of halogens is 3. The summed E-state index contributed by atoms with van der Waals surface area (Å²) in [7, 11) is 0. The van der Waals surface area contributed by atoms with E-state index in [1.807, 2.05) is 26.8 Å². The Bertz CT molecular complexity index is 843. The van der Waals surface area contributed by atoms with Gasteiger partial charge in [-0.2, -0.15) is 13.2 Å². The molecule has 30 heavy (non-hydrogen) atoms. The smallest absolute Gasteiger partial charge is 0.422 e. The van der Waals surface area contributed by atoms with Crippen LogP contribution in [0.4, 0.5) is 13.2 Å². The quantitative estimate of drug-likeness (QED) is 0.484. The molecule has 1 atom stereocenters. The van der Waals surface area contributed by atoms with Crippen LogP contribution >= 0.6 is 0 Å². The number of alkyl halides is 3. The second-order valence-corrected chi connectivity index (χ2v) is 7.23. The number of aliphatic imine (C=N–C) groups is 1. The maximum absolute atomic E-state index is 12.6. The van der Waals surface area contributed by atoms with Crippen molar-refractivity contribution in [3.8, 4) is 5.75 Å². The largest absolute Gasteiger partial charge is 0.484 e. The van der Waals surface area contributed by atoms with Crippen LogP contribution in [0, 0.1) is 20.8 Å². The monoisotopic (exact) mass is 426 g/mol. The fourth-order valence-corrected chi connectivity index (χ4v) is 3.14. The third kappa shape index (κ3) is 6.96. The van der Waals surface area contributed by atoms with Gasteiger partial charge in [-0.05, 0) is 39.3 Å². The lowest BCUT2D eigenvalue weighted by Crippen LogP contribution is -2.39. The maximum Gasteiger partial charge on any atom is 0.422 e. The first-order valence-corrected chi connectivity index (χ1v) is 9.84. The third-order valence-electron chi connectivity index (χ3n) is 4.52. The van der Waals surface area contributed by atoms with E-state index in [9.17, 15) is 13.2 Å². The van der Waals surface area contributed by atoms with Gasteiger partial charge in [-0.1, -0.05) is 24.2 Å². The molecule has 0 amide bonds. The molecule has 2 aromatic rings. The van der Waals surface area contributed by atoms with E-state index in [2.05, 4.69) is 27.7 Å². The Morgan fingerprint density at radius 2 is 1.97 bits per heavy atom. The zero-order valence-corrected chi connectivity index (χ0v) is 18.0. The molecule has 1 aromatic heterocycles. The third-order valence-corrected chi connectivity index (χ3v) is 4.52. The summed E-state index contributed by atoms with van der Waals surface area (Å²) in [6.45, 7) is 9.69. The van der Waals surface area contributed by atoms with Crippen LogP contribution in [0.25, 0.3) is 0 Å². The molecule has 166 valence electrons. The van der Waals surface area contributed by atoms with Gasteiger partial charge in [0.05, 0.1) is 12.2 Å². The molecule has 0 bridgehead atoms. The molecule has 0 aliphatic rings. The van der Waals surface area contributed by atoms with Crippen LogP contribution in [-0.4, -0.2) is 37.0 Å². The van der Waals surface area contributed by atoms with Crippen LogP contribution < -0.4 is 15.4 Å². The van der Waals surface area contributed by atoms with Crippen LogP contribution in [0.3, 0.4) is 0 Å². The number of ether oxygens (including phenoxy) is 1. The molecule has 2 rings (SSSR count). The topological polar surface area (TPSA) is 71.7 Å². The fourth-order valence-electron chi connectivity index (χ4n) is 3.14. The van der Waals surface area contributed by atoms with E-state index >= 15 is 0 Å². The molecule has 0 aliphatic heterocycles. The van der Waals surface area contributed by atoms with Gasteiger partial charge in [-0.25, -0.2) is 4.99 Å². The Balaban J connectivity index is 2.08. The first-order chi connectivity index (χ1) is 14.1. The second-order valence-electron chi connectivity index (χ2n) is 7.23. The van der Waals surface area contributed by atoms with Crippen molar-refractivity contribution < 1.29 is 22.4 Å². The molecule has 0 aliphatic carbocycles. The molecule has 1 heterocycles. The van der Waals surface area contributed by atoms with E-state index in [4.69, 9.17) is 9.26 Å². The van der Waals surface area contributed by atoms with E-state index in [-0.39, 0.29) is 18.2 Å². The Labute approximate surface area is 174 Å². The number of guanidine groups is 1. The van der Waals surface area contributed by atoms with Crippen molar-refractivity contribution in [3.05, 3.63) is 46.3 Å². The van der Waals surface area contributed by atoms with Gasteiger partial charge in [0.15, 0.2) is 12.6 Å². The van der Waals surface area contributed by atoms with Crippen molar-refractivity contribution >= 4 is 5.96 Å². The fraction of sp³-hybridized carbons (Fsp3) is 0.524. The van der Waals surface area contributed by atoms with Crippen molar-refractivity contribution in [3.63, 3.8) is 0 Å². The molecule has 2 N–H and O–H groups in total. The van der Waals surface area contributed by atoms with Crippen LogP contribution in [-0.2, 0) is 6.54 Å². The molecular weight excluding hydrogens is 397 g/mol. The van der Waals surface area contributed by atoms with Crippen molar-refractivity contribution in [2.75, 3.05) is 19.7 Å². The van der Waals surface area contributed by atoms with E-state index in [1.54, 1.807) is 19.1 Å². The van der Waals surface area contributed by atoms with Crippen LogP contribution in [0.5, 0.6) is 5.75 Å². The average molecular weight is 426 g/mol. The number of aryl methyl sites for hydroxylation is 3. The Hall–Kier alpha value is -2.71. The van der Waals surface area contributed by atoms with Crippen LogP contribution in [0.1, 0.15) is 47.9 Å². The number of hydrogen-bond acceptors (Lipinski definition) is 4. The van der Waals surface area contributed by atoms with E-state index in [0.29, 0.717) is 24.6 Å². The first-order valence-electron chi connectivity index (χ1n) is 9.84. The van der Waals surface area contributed by atoms with Crippen molar-refractivity contribution in [2.24, 2.45) is 4.99 Å². The first kappa shape index (κ1) is 23.6. The highest BCUT2D eigenvalue weighted by Crippen LogP contribution is 2.25. The summed E-state index contributed by atoms with van der Waals surface area (Å²) in [6, 6.07) is 5.16. The summed E-state index contributed by atoms with van der Waals surface area (Å²) in [5.74, 6) is 1.69. The molecule has 9 heteroatoms. The summed E-state index contributed by atoms with van der Waals surface area (Å²) >= 11 is 0. The lowest BCUT2D eigenvalue weighted by atomic mass is 10.00. The molecule has 0 saturated heterocycles. The molecule has 0 fully saturated rings. The highest BCUT2D eigenvalue weighted by atomic mass is 19.4. The van der Waals surface area contributed by atoms with Gasteiger partial charge in [0.1, 0.15) is 11.5 Å². The normalized spacial score (nSPS) is 13.3. The number of nitrogens with zero attached hydrogens (tertiary/aromatic N) is 2. The predicted molar refractivity (Wildman–Crippen MR) is 110 cm³/mol. The van der Waals surface area contributed by atoms with Gasteiger partial charge in [-0.3, -0.25) is 0 Å². The highest BCUT2D eigenvalue weighted by Gasteiger charge is 2.28. The Morgan fingerprint density at radius 3 is 2.57 bits per heavy atom. The number of aromatic nitrogens is 1. The Morgan fingerprint density at radius 1 is 1.23 bits per heavy atom. The molecule has 0 radical (unpaired) electrons. The second kappa shape index (κ2) is 10.4. The standard InChI is InChI=1S/C21H29F3N4O2/c1-6-25-20(26-10-14(3)19-15(4)28-30-16(19)5)27-11-17-8-7-13(2)9-18(17)29-12-21(22,23)24/h7-9,14H,6,10-12H2,1-5H3,(H2,25,26,27). The lowest BCUT2D eigenvalue weighted by molar-refractivity contribution is -0.153. The van der Waals surface area contributed by atoms with Gasteiger partial charge in [-0.15, -0.1) is 0 Å². The summed E-state index contributed by atoms with van der Waals surface area (Å²) in [5.41, 5.74) is 3.31. The molecule has 0 spiro atoms. The van der Waals surface area contributed by atoms with E-state index < -0.39 is 12.8 Å². The summed E-state index contributed by atoms with van der Waals surface area (Å²) < 4.78 is 47.9. The van der Waals surface area contributed by atoms with E-state index in [1.165, 1.54) is 0 Å². The summed E-state index contributed by atoms with van der Waals surface area (Å²) in [5, 5.41) is 10.4. The average Bonchev–Trinajstić information content (AvgIpc) is 3.00. The van der Waals surface area contributed by atoms with Crippen LogP contribution in [0.15, 0.2) is 27.7 Å². The summed E-state index contributed by atoms with van der Waals surface area (Å²) in [4.78, 5) is 4.51. The predicted octanol–water partition coefficient (Wildman–Crippen LogP) is 4.40. The van der Waals surface area contributed by atoms with Gasteiger partial charge in [0, 0.05) is 30.1 Å². The lowest BCUT2D eigenvalue weighted by Gasteiger charge is -2.17. The van der Waals surface area contributed by atoms with Gasteiger partial charge in [0.2, 0.25) is 0 Å². The van der Waals surface area contributed by atoms with E-state index in [0.717, 1.165) is 22.6 Å². The minimum atomic E-state index is -4.39. The molecule has 1 aromatic carbocycles. The van der Waals surface area contributed by atoms with Gasteiger partial charge in [0.25, 0.3) is 0 Å². The summed E-state index contributed by atoms with van der Waals surface area (Å²) in [6.07, 6.45) is -4.39. The zero-order valence-electron chi connectivity index (χ0n) is 18.0. The number of nitrogens with one attached hydrogen (secondary N) is 2. The highest BCUT2D eigenvalue weighted by molar-refractivity contribution is 5.79. The van der Waals surface area contributed by atoms with Crippen molar-refractivity contribution in [1.82, 2.24) is 15.8 Å². The molecule has 0 saturated carbocycles. The maximum atomic E-state index is 12.6.